The van der Waals surface area contributed by atoms with Crippen LogP contribution in [0.25, 0.3) is 0 Å². The number of hydrogen-bond acceptors (Lipinski definition) is 2. The zero-order valence-corrected chi connectivity index (χ0v) is 11.9. The van der Waals surface area contributed by atoms with Gasteiger partial charge in [0.25, 0.3) is 0 Å². The highest BCUT2D eigenvalue weighted by molar-refractivity contribution is 9.10. The number of ketones is 1. The lowest BCUT2D eigenvalue weighted by Gasteiger charge is -2.12. The molecule has 1 aromatic heterocycles. The second-order valence-corrected chi connectivity index (χ2v) is 5.12. The molecule has 6 heteroatoms. The van der Waals surface area contributed by atoms with Crippen LogP contribution in [0.15, 0.2) is 41.1 Å². The predicted octanol–water partition coefficient (Wildman–Crippen LogP) is 4.40. The first kappa shape index (κ1) is 14.7. The predicted molar refractivity (Wildman–Crippen MR) is 71.6 cm³/mol. The van der Waals surface area contributed by atoms with E-state index < -0.39 is 23.1 Å². The molecule has 1 heterocycles. The van der Waals surface area contributed by atoms with Gasteiger partial charge >= 0.3 is 6.18 Å². The van der Waals surface area contributed by atoms with Gasteiger partial charge in [-0.25, -0.2) is 0 Å². The zero-order chi connectivity index (χ0) is 14.9. The Balaban J connectivity index is 2.57. The molecule has 0 aliphatic rings. The van der Waals surface area contributed by atoms with E-state index in [-0.39, 0.29) is 5.56 Å². The van der Waals surface area contributed by atoms with Gasteiger partial charge in [0.2, 0.25) is 0 Å². The van der Waals surface area contributed by atoms with Gasteiger partial charge in [-0.2, -0.15) is 13.2 Å². The van der Waals surface area contributed by atoms with Crippen LogP contribution >= 0.6 is 15.9 Å². The van der Waals surface area contributed by atoms with Crippen molar-refractivity contribution in [2.24, 2.45) is 0 Å². The Hall–Kier alpha value is -1.69. The van der Waals surface area contributed by atoms with Gasteiger partial charge in [-0.3, -0.25) is 9.78 Å². The van der Waals surface area contributed by atoms with Crippen LogP contribution in [0.4, 0.5) is 13.2 Å². The number of benzene rings is 1. The number of alkyl halides is 3. The van der Waals surface area contributed by atoms with Crippen molar-refractivity contribution in [3.8, 4) is 0 Å². The molecule has 0 aliphatic heterocycles. The second kappa shape index (κ2) is 5.36. The fraction of sp³-hybridized carbons (Fsp3) is 0.143. The number of aryl methyl sites for hydroxylation is 1. The summed E-state index contributed by atoms with van der Waals surface area (Å²) in [6, 6.07) is 5.70. The van der Waals surface area contributed by atoms with Crippen LogP contribution < -0.4 is 0 Å². The molecule has 0 aliphatic carbocycles. The monoisotopic (exact) mass is 343 g/mol. The second-order valence-electron chi connectivity index (χ2n) is 4.21. The molecule has 2 nitrogen and oxygen atoms in total. The molecule has 0 amide bonds. The van der Waals surface area contributed by atoms with Crippen molar-refractivity contribution >= 4 is 21.7 Å². The third-order valence-corrected chi connectivity index (χ3v) is 3.31. The van der Waals surface area contributed by atoms with Crippen LogP contribution in [0.2, 0.25) is 0 Å². The molecule has 104 valence electrons. The molecule has 20 heavy (non-hydrogen) atoms. The Morgan fingerprint density at radius 1 is 1.20 bits per heavy atom. The third kappa shape index (κ3) is 2.90. The summed E-state index contributed by atoms with van der Waals surface area (Å²) in [5, 5.41) is 0. The molecule has 0 bridgehead atoms. The summed E-state index contributed by atoms with van der Waals surface area (Å²) < 4.78 is 39.4. The summed E-state index contributed by atoms with van der Waals surface area (Å²) in [7, 11) is 0. The van der Waals surface area contributed by atoms with Crippen molar-refractivity contribution in [3.63, 3.8) is 0 Å². The quantitative estimate of drug-likeness (QED) is 0.756. The van der Waals surface area contributed by atoms with Crippen LogP contribution in [0, 0.1) is 6.92 Å². The highest BCUT2D eigenvalue weighted by Crippen LogP contribution is 2.33. The molecule has 1 aromatic carbocycles. The number of rotatable bonds is 2. The summed E-state index contributed by atoms with van der Waals surface area (Å²) in [4.78, 5) is 16.0. The van der Waals surface area contributed by atoms with Crippen LogP contribution in [-0.4, -0.2) is 10.8 Å². The average Bonchev–Trinajstić information content (AvgIpc) is 2.40. The van der Waals surface area contributed by atoms with Gasteiger partial charge in [0, 0.05) is 22.4 Å². The molecule has 0 N–H and O–H groups in total. The van der Waals surface area contributed by atoms with Crippen molar-refractivity contribution in [3.05, 3.63) is 63.4 Å². The van der Waals surface area contributed by atoms with Crippen LogP contribution in [0.5, 0.6) is 0 Å². The van der Waals surface area contributed by atoms with E-state index in [0.717, 1.165) is 18.5 Å². The average molecular weight is 344 g/mol. The minimum Gasteiger partial charge on any atom is -0.289 e. The molecule has 0 saturated heterocycles. The number of halogens is 4. The maximum absolute atomic E-state index is 12.9. The number of carbonyl (C=O) groups excluding carboxylic acids is 1. The largest absolute Gasteiger partial charge is 0.417 e. The van der Waals surface area contributed by atoms with Gasteiger partial charge in [0.15, 0.2) is 5.78 Å². The minimum atomic E-state index is -4.59. The molecule has 0 atom stereocenters. The van der Waals surface area contributed by atoms with E-state index in [2.05, 4.69) is 20.9 Å². The maximum atomic E-state index is 12.9. The molecular formula is C14H9BrF3NO. The van der Waals surface area contributed by atoms with E-state index in [1.807, 2.05) is 0 Å². The van der Waals surface area contributed by atoms with Gasteiger partial charge in [0.1, 0.15) is 0 Å². The molecule has 0 unspecified atom stereocenters. The van der Waals surface area contributed by atoms with E-state index >= 15 is 0 Å². The van der Waals surface area contributed by atoms with Crippen LogP contribution in [-0.2, 0) is 6.18 Å². The molecule has 2 aromatic rings. The molecular weight excluding hydrogens is 335 g/mol. The van der Waals surface area contributed by atoms with Crippen molar-refractivity contribution < 1.29 is 18.0 Å². The first-order valence-electron chi connectivity index (χ1n) is 5.63. The van der Waals surface area contributed by atoms with Crippen molar-refractivity contribution in [2.75, 3.05) is 0 Å². The Morgan fingerprint density at radius 3 is 2.55 bits per heavy atom. The SMILES string of the molecule is Cc1ccc(Br)cc1C(=O)c1cnccc1C(F)(F)F. The van der Waals surface area contributed by atoms with Crippen molar-refractivity contribution in [1.29, 1.82) is 0 Å². The van der Waals surface area contributed by atoms with Gasteiger partial charge in [-0.05, 0) is 30.7 Å². The van der Waals surface area contributed by atoms with Crippen molar-refractivity contribution in [1.82, 2.24) is 4.98 Å². The fourth-order valence-corrected chi connectivity index (χ4v) is 2.17. The Bertz CT molecular complexity index is 668. The molecule has 0 saturated carbocycles. The Kier molecular flexibility index (Phi) is 3.94. The summed E-state index contributed by atoms with van der Waals surface area (Å²) >= 11 is 3.21. The van der Waals surface area contributed by atoms with Gasteiger partial charge in [-0.15, -0.1) is 0 Å². The Morgan fingerprint density at radius 2 is 1.90 bits per heavy atom. The van der Waals surface area contributed by atoms with E-state index in [1.165, 1.54) is 6.07 Å². The third-order valence-electron chi connectivity index (χ3n) is 2.82. The van der Waals surface area contributed by atoms with Crippen LogP contribution in [0.1, 0.15) is 27.0 Å². The summed E-state index contributed by atoms with van der Waals surface area (Å²) in [5.74, 6) is -0.691. The van der Waals surface area contributed by atoms with Gasteiger partial charge in [0.05, 0.1) is 11.1 Å². The molecule has 2 rings (SSSR count). The summed E-state index contributed by atoms with van der Waals surface area (Å²) in [6.07, 6.45) is -2.62. The van der Waals surface area contributed by atoms with Gasteiger partial charge < -0.3 is 0 Å². The zero-order valence-electron chi connectivity index (χ0n) is 10.3. The Labute approximate surface area is 121 Å². The molecule has 0 spiro atoms. The summed E-state index contributed by atoms with van der Waals surface area (Å²) in [6.45, 7) is 1.67. The lowest BCUT2D eigenvalue weighted by molar-refractivity contribution is -0.137. The first-order chi connectivity index (χ1) is 9.30. The normalized spacial score (nSPS) is 11.4. The number of aromatic nitrogens is 1. The highest BCUT2D eigenvalue weighted by Gasteiger charge is 2.35. The fourth-order valence-electron chi connectivity index (χ4n) is 1.81. The number of carbonyl (C=O) groups is 1. The van der Waals surface area contributed by atoms with Crippen molar-refractivity contribution in [2.45, 2.75) is 13.1 Å². The van der Waals surface area contributed by atoms with E-state index in [4.69, 9.17) is 0 Å². The van der Waals surface area contributed by atoms with E-state index in [1.54, 1.807) is 19.1 Å². The smallest absolute Gasteiger partial charge is 0.289 e. The number of nitrogens with zero attached hydrogens (tertiary/aromatic N) is 1. The molecule has 0 fully saturated rings. The van der Waals surface area contributed by atoms with Crippen LogP contribution in [0.3, 0.4) is 0 Å². The standard InChI is InChI=1S/C14H9BrF3NO/c1-8-2-3-9(15)6-10(8)13(20)11-7-19-5-4-12(11)14(16,17)18/h2-7H,1H3. The van der Waals surface area contributed by atoms with E-state index in [0.29, 0.717) is 10.0 Å². The maximum Gasteiger partial charge on any atom is 0.417 e. The number of pyridine rings is 1. The van der Waals surface area contributed by atoms with E-state index in [9.17, 15) is 18.0 Å². The first-order valence-corrected chi connectivity index (χ1v) is 6.42. The minimum absolute atomic E-state index is 0.220. The summed E-state index contributed by atoms with van der Waals surface area (Å²) in [5.41, 5.74) is -0.592. The molecule has 0 radical (unpaired) electrons. The number of hydrogen-bond donors (Lipinski definition) is 0. The lowest BCUT2D eigenvalue weighted by atomic mass is 9.97. The topological polar surface area (TPSA) is 30.0 Å². The lowest BCUT2D eigenvalue weighted by Crippen LogP contribution is -2.15. The highest BCUT2D eigenvalue weighted by atomic mass is 79.9. The van der Waals surface area contributed by atoms with Gasteiger partial charge in [-0.1, -0.05) is 22.0 Å².